The summed E-state index contributed by atoms with van der Waals surface area (Å²) in [6, 6.07) is 6.42. The number of phenols is 1. The van der Waals surface area contributed by atoms with E-state index in [1.807, 2.05) is 0 Å². The number of carboxylic acids is 1. The van der Waals surface area contributed by atoms with Crippen molar-refractivity contribution in [3.63, 3.8) is 0 Å². The first-order chi connectivity index (χ1) is 8.41. The van der Waals surface area contributed by atoms with Crippen LogP contribution in [0.3, 0.4) is 0 Å². The van der Waals surface area contributed by atoms with Gasteiger partial charge in [-0.3, -0.25) is 9.59 Å². The maximum Gasteiger partial charge on any atom is 0.322 e. The Bertz CT molecular complexity index is 487. The number of hydrogen-bond acceptors (Lipinski definition) is 4. The van der Waals surface area contributed by atoms with Crippen molar-refractivity contribution < 1.29 is 19.8 Å². The van der Waals surface area contributed by atoms with Crippen molar-refractivity contribution in [1.82, 2.24) is 5.32 Å². The lowest BCUT2D eigenvalue weighted by Gasteiger charge is -2.13. The zero-order valence-electron chi connectivity index (χ0n) is 9.71. The third kappa shape index (κ3) is 3.81. The number of thiocarbonyl (C=S) groups is 1. The number of carboxylic acid groups (broad SMARTS) is 1. The molecule has 0 aromatic heterocycles. The highest BCUT2D eigenvalue weighted by molar-refractivity contribution is 7.82. The van der Waals surface area contributed by atoms with Gasteiger partial charge in [0.15, 0.2) is 0 Å². The van der Waals surface area contributed by atoms with Gasteiger partial charge in [-0.1, -0.05) is 31.3 Å². The molecule has 0 bridgehead atoms. The summed E-state index contributed by atoms with van der Waals surface area (Å²) in [5, 5.41) is 20.0. The molecule has 3 N–H and O–H groups in total. The molecule has 0 saturated carbocycles. The Morgan fingerprint density at radius 1 is 1.44 bits per heavy atom. The Labute approximate surface area is 109 Å². The summed E-state index contributed by atoms with van der Waals surface area (Å²) in [7, 11) is 0. The van der Waals surface area contributed by atoms with Crippen molar-refractivity contribution in [2.45, 2.75) is 12.8 Å². The van der Waals surface area contributed by atoms with Gasteiger partial charge in [0.25, 0.3) is 5.91 Å². The number of aliphatic carboxylic acids is 1. The predicted molar refractivity (Wildman–Crippen MR) is 69.8 cm³/mol. The van der Waals surface area contributed by atoms with Crippen LogP contribution in [0.5, 0.6) is 5.75 Å². The average molecular weight is 267 g/mol. The summed E-state index contributed by atoms with van der Waals surface area (Å²) in [6.07, 6.45) is 0. The summed E-state index contributed by atoms with van der Waals surface area (Å²) in [5.41, 5.74) is 0.700. The van der Waals surface area contributed by atoms with Crippen LogP contribution in [0.2, 0.25) is 0 Å². The zero-order valence-corrected chi connectivity index (χ0v) is 10.5. The second-order valence-corrected chi connectivity index (χ2v) is 4.20. The van der Waals surface area contributed by atoms with E-state index in [1.165, 1.54) is 12.1 Å². The molecule has 0 aliphatic carbocycles. The SMILES string of the molecule is CC(C(=S)C(=O)NCC(=O)O)c1cccc(O)c1. The molecule has 0 heterocycles. The molecule has 5 nitrogen and oxygen atoms in total. The number of hydrogen-bond donors (Lipinski definition) is 3. The maximum atomic E-state index is 11.6. The molecule has 1 unspecified atom stereocenters. The Morgan fingerprint density at radius 2 is 2.11 bits per heavy atom. The summed E-state index contributed by atoms with van der Waals surface area (Å²) < 4.78 is 0. The van der Waals surface area contributed by atoms with Gasteiger partial charge in [-0.05, 0) is 17.7 Å². The summed E-state index contributed by atoms with van der Waals surface area (Å²) in [4.78, 5) is 22.0. The predicted octanol–water partition coefficient (Wildman–Crippen LogP) is 1.07. The number of carbonyl (C=O) groups is 2. The van der Waals surface area contributed by atoms with Gasteiger partial charge in [0, 0.05) is 5.92 Å². The van der Waals surface area contributed by atoms with Gasteiger partial charge in [0.05, 0.1) is 4.86 Å². The van der Waals surface area contributed by atoms with Crippen LogP contribution < -0.4 is 5.32 Å². The van der Waals surface area contributed by atoms with Crippen molar-refractivity contribution >= 4 is 29.0 Å². The highest BCUT2D eigenvalue weighted by Gasteiger charge is 2.19. The van der Waals surface area contributed by atoms with Gasteiger partial charge in [-0.25, -0.2) is 0 Å². The molecule has 0 saturated heterocycles. The minimum absolute atomic E-state index is 0.0850. The highest BCUT2D eigenvalue weighted by Crippen LogP contribution is 2.21. The normalized spacial score (nSPS) is 11.6. The third-order valence-corrected chi connectivity index (χ3v) is 2.93. The van der Waals surface area contributed by atoms with E-state index in [2.05, 4.69) is 5.32 Å². The largest absolute Gasteiger partial charge is 0.508 e. The van der Waals surface area contributed by atoms with Gasteiger partial charge in [0.2, 0.25) is 0 Å². The Morgan fingerprint density at radius 3 is 2.67 bits per heavy atom. The first-order valence-corrected chi connectivity index (χ1v) is 5.65. The number of carbonyl (C=O) groups excluding carboxylic acids is 1. The van der Waals surface area contributed by atoms with E-state index < -0.39 is 18.4 Å². The smallest absolute Gasteiger partial charge is 0.322 e. The van der Waals surface area contributed by atoms with Crippen LogP contribution in [0.15, 0.2) is 24.3 Å². The van der Waals surface area contributed by atoms with E-state index in [9.17, 15) is 14.7 Å². The van der Waals surface area contributed by atoms with E-state index in [0.717, 1.165) is 0 Å². The molecule has 0 spiro atoms. The molecule has 1 aromatic rings. The van der Waals surface area contributed by atoms with Crippen molar-refractivity contribution in [1.29, 1.82) is 0 Å². The molecule has 6 heteroatoms. The second-order valence-electron chi connectivity index (χ2n) is 3.76. The summed E-state index contributed by atoms with van der Waals surface area (Å²) >= 11 is 4.99. The fourth-order valence-corrected chi connectivity index (χ4v) is 1.59. The molecule has 0 aliphatic rings. The molecule has 1 amide bonds. The van der Waals surface area contributed by atoms with E-state index in [0.29, 0.717) is 5.56 Å². The average Bonchev–Trinajstić information content (AvgIpc) is 2.34. The maximum absolute atomic E-state index is 11.6. The molecule has 1 aromatic carbocycles. The van der Waals surface area contributed by atoms with Crippen molar-refractivity contribution in [3.8, 4) is 5.75 Å². The summed E-state index contributed by atoms with van der Waals surface area (Å²) in [5.74, 6) is -1.99. The molecule has 18 heavy (non-hydrogen) atoms. The topological polar surface area (TPSA) is 86.6 Å². The number of benzene rings is 1. The van der Waals surface area contributed by atoms with Crippen LogP contribution in [-0.2, 0) is 9.59 Å². The highest BCUT2D eigenvalue weighted by atomic mass is 32.1. The third-order valence-electron chi connectivity index (χ3n) is 2.39. The monoisotopic (exact) mass is 267 g/mol. The zero-order chi connectivity index (χ0) is 13.7. The lowest BCUT2D eigenvalue weighted by atomic mass is 9.97. The van der Waals surface area contributed by atoms with Gasteiger partial charge < -0.3 is 15.5 Å². The van der Waals surface area contributed by atoms with Crippen molar-refractivity contribution in [2.75, 3.05) is 6.54 Å². The standard InChI is InChI=1S/C12H13NO4S/c1-7(8-3-2-4-9(14)5-8)11(18)12(17)13-6-10(15)16/h2-5,7,14H,6H2,1H3,(H,13,17)(H,15,16). The minimum atomic E-state index is -1.13. The molecular formula is C12H13NO4S. The van der Waals surface area contributed by atoms with Crippen LogP contribution in [-0.4, -0.2) is 33.5 Å². The van der Waals surface area contributed by atoms with Gasteiger partial charge >= 0.3 is 5.97 Å². The number of nitrogens with one attached hydrogen (secondary N) is 1. The number of rotatable bonds is 5. The lowest BCUT2D eigenvalue weighted by molar-refractivity contribution is -0.137. The fraction of sp³-hybridized carbons (Fsp3) is 0.250. The van der Waals surface area contributed by atoms with Crippen molar-refractivity contribution in [3.05, 3.63) is 29.8 Å². The first-order valence-electron chi connectivity index (χ1n) is 5.24. The molecule has 1 rings (SSSR count). The molecule has 0 aliphatic heterocycles. The van der Waals surface area contributed by atoms with Crippen LogP contribution in [0, 0.1) is 0 Å². The number of phenolic OH excluding ortho intramolecular Hbond substituents is 1. The fourth-order valence-electron chi connectivity index (χ4n) is 1.39. The molecule has 0 radical (unpaired) electrons. The lowest BCUT2D eigenvalue weighted by Crippen LogP contribution is -2.36. The summed E-state index contributed by atoms with van der Waals surface area (Å²) in [6.45, 7) is 1.25. The minimum Gasteiger partial charge on any atom is -0.508 e. The van der Waals surface area contributed by atoms with Gasteiger partial charge in [-0.2, -0.15) is 0 Å². The molecular weight excluding hydrogens is 254 g/mol. The Balaban J connectivity index is 2.72. The van der Waals surface area contributed by atoms with Crippen LogP contribution in [0.4, 0.5) is 0 Å². The van der Waals surface area contributed by atoms with Gasteiger partial charge in [-0.15, -0.1) is 0 Å². The van der Waals surface area contributed by atoms with Crippen molar-refractivity contribution in [2.24, 2.45) is 0 Å². The first kappa shape index (κ1) is 14.1. The van der Waals surface area contributed by atoms with E-state index >= 15 is 0 Å². The van der Waals surface area contributed by atoms with Crippen LogP contribution >= 0.6 is 12.2 Å². The molecule has 0 fully saturated rings. The molecule has 1 atom stereocenters. The second kappa shape index (κ2) is 6.11. The Kier molecular flexibility index (Phi) is 4.79. The number of amides is 1. The van der Waals surface area contributed by atoms with Crippen LogP contribution in [0.1, 0.15) is 18.4 Å². The van der Waals surface area contributed by atoms with E-state index in [1.54, 1.807) is 19.1 Å². The molecule has 96 valence electrons. The van der Waals surface area contributed by atoms with E-state index in [-0.39, 0.29) is 16.5 Å². The Hall–Kier alpha value is -1.95. The quantitative estimate of drug-likeness (QED) is 0.695. The van der Waals surface area contributed by atoms with Crippen LogP contribution in [0.25, 0.3) is 0 Å². The van der Waals surface area contributed by atoms with E-state index in [4.69, 9.17) is 17.3 Å². The number of aromatic hydroxyl groups is 1. The van der Waals surface area contributed by atoms with Gasteiger partial charge in [0.1, 0.15) is 12.3 Å².